The monoisotopic (exact) mass is 262 g/mol. The summed E-state index contributed by atoms with van der Waals surface area (Å²) in [6.45, 7) is 5.78. The van der Waals surface area contributed by atoms with Crippen LogP contribution in [0.2, 0.25) is 0 Å². The molecular formula is C15H22N2O2. The van der Waals surface area contributed by atoms with E-state index in [4.69, 9.17) is 10.5 Å². The van der Waals surface area contributed by atoms with Crippen LogP contribution < -0.4 is 11.1 Å². The number of benzene rings is 1. The summed E-state index contributed by atoms with van der Waals surface area (Å²) in [7, 11) is 0. The first-order valence-corrected chi connectivity index (χ1v) is 6.78. The van der Waals surface area contributed by atoms with Gasteiger partial charge in [-0.1, -0.05) is 38.1 Å². The molecule has 0 aliphatic carbocycles. The van der Waals surface area contributed by atoms with Crippen molar-refractivity contribution in [1.82, 2.24) is 5.32 Å². The molecule has 4 heteroatoms. The van der Waals surface area contributed by atoms with Gasteiger partial charge in [-0.2, -0.15) is 0 Å². The van der Waals surface area contributed by atoms with Gasteiger partial charge in [0.15, 0.2) is 0 Å². The SMILES string of the molecule is CC(C)c1ccc(CNC(=O)C2COCC2N)cc1. The van der Waals surface area contributed by atoms with Gasteiger partial charge in [-0.05, 0) is 17.0 Å². The number of rotatable bonds is 4. The molecular weight excluding hydrogens is 240 g/mol. The van der Waals surface area contributed by atoms with E-state index >= 15 is 0 Å². The van der Waals surface area contributed by atoms with Gasteiger partial charge in [0.05, 0.1) is 19.1 Å². The molecule has 1 amide bonds. The Morgan fingerprint density at radius 3 is 2.58 bits per heavy atom. The molecule has 0 aromatic heterocycles. The van der Waals surface area contributed by atoms with E-state index in [1.54, 1.807) is 0 Å². The Kier molecular flexibility index (Phi) is 4.56. The highest BCUT2D eigenvalue weighted by atomic mass is 16.5. The number of ether oxygens (including phenoxy) is 1. The van der Waals surface area contributed by atoms with E-state index in [1.165, 1.54) is 5.56 Å². The van der Waals surface area contributed by atoms with Crippen LogP contribution in [-0.2, 0) is 16.1 Å². The summed E-state index contributed by atoms with van der Waals surface area (Å²) >= 11 is 0. The first kappa shape index (κ1) is 14.0. The predicted molar refractivity (Wildman–Crippen MR) is 74.7 cm³/mol. The minimum Gasteiger partial charge on any atom is -0.379 e. The summed E-state index contributed by atoms with van der Waals surface area (Å²) in [6, 6.07) is 8.15. The number of amides is 1. The first-order chi connectivity index (χ1) is 9.08. The molecule has 1 saturated heterocycles. The quantitative estimate of drug-likeness (QED) is 0.862. The maximum Gasteiger partial charge on any atom is 0.227 e. The van der Waals surface area contributed by atoms with E-state index in [0.717, 1.165) is 5.56 Å². The lowest BCUT2D eigenvalue weighted by atomic mass is 10.0. The molecule has 3 N–H and O–H groups in total. The molecule has 1 fully saturated rings. The topological polar surface area (TPSA) is 64.3 Å². The number of carbonyl (C=O) groups excluding carboxylic acids is 1. The lowest BCUT2D eigenvalue weighted by Crippen LogP contribution is -2.40. The second-order valence-corrected chi connectivity index (χ2v) is 5.42. The molecule has 1 aromatic carbocycles. The van der Waals surface area contributed by atoms with Gasteiger partial charge in [-0.25, -0.2) is 0 Å². The van der Waals surface area contributed by atoms with Crippen molar-refractivity contribution < 1.29 is 9.53 Å². The van der Waals surface area contributed by atoms with Gasteiger partial charge in [0.1, 0.15) is 0 Å². The summed E-state index contributed by atoms with van der Waals surface area (Å²) in [4.78, 5) is 11.9. The molecule has 104 valence electrons. The van der Waals surface area contributed by atoms with E-state index in [2.05, 4.69) is 43.4 Å². The highest BCUT2D eigenvalue weighted by Crippen LogP contribution is 2.15. The predicted octanol–water partition coefficient (Wildman–Crippen LogP) is 1.40. The minimum absolute atomic E-state index is 0.0158. The van der Waals surface area contributed by atoms with E-state index in [0.29, 0.717) is 25.7 Å². The van der Waals surface area contributed by atoms with E-state index in [9.17, 15) is 4.79 Å². The zero-order valence-electron chi connectivity index (χ0n) is 11.6. The molecule has 1 aromatic rings. The maximum atomic E-state index is 11.9. The van der Waals surface area contributed by atoms with Gasteiger partial charge >= 0.3 is 0 Å². The van der Waals surface area contributed by atoms with Gasteiger partial charge in [-0.3, -0.25) is 4.79 Å². The molecule has 19 heavy (non-hydrogen) atoms. The number of hydrogen-bond donors (Lipinski definition) is 2. The van der Waals surface area contributed by atoms with Crippen LogP contribution >= 0.6 is 0 Å². The van der Waals surface area contributed by atoms with Crippen molar-refractivity contribution >= 4 is 5.91 Å². The van der Waals surface area contributed by atoms with Crippen LogP contribution in [0.1, 0.15) is 30.9 Å². The lowest BCUT2D eigenvalue weighted by molar-refractivity contribution is -0.125. The fraction of sp³-hybridized carbons (Fsp3) is 0.533. The summed E-state index contributed by atoms with van der Waals surface area (Å²) in [6.07, 6.45) is 0. The van der Waals surface area contributed by atoms with Crippen molar-refractivity contribution in [2.75, 3.05) is 13.2 Å². The molecule has 2 unspecified atom stereocenters. The average molecular weight is 262 g/mol. The second-order valence-electron chi connectivity index (χ2n) is 5.42. The Labute approximate surface area is 114 Å². The summed E-state index contributed by atoms with van der Waals surface area (Å²) < 4.78 is 5.20. The number of nitrogens with two attached hydrogens (primary N) is 1. The van der Waals surface area contributed by atoms with Gasteiger partial charge in [0.25, 0.3) is 0 Å². The Bertz CT molecular complexity index is 428. The molecule has 1 aliphatic rings. The second kappa shape index (κ2) is 6.17. The molecule has 1 heterocycles. The molecule has 0 spiro atoms. The number of hydrogen-bond acceptors (Lipinski definition) is 3. The third-order valence-corrected chi connectivity index (χ3v) is 3.57. The molecule has 0 bridgehead atoms. The highest BCUT2D eigenvalue weighted by molar-refractivity contribution is 5.79. The third-order valence-electron chi connectivity index (χ3n) is 3.57. The number of carbonyl (C=O) groups is 1. The Morgan fingerprint density at radius 2 is 2.05 bits per heavy atom. The van der Waals surface area contributed by atoms with Crippen molar-refractivity contribution in [3.05, 3.63) is 35.4 Å². The number of nitrogens with one attached hydrogen (secondary N) is 1. The van der Waals surface area contributed by atoms with Crippen molar-refractivity contribution in [3.63, 3.8) is 0 Å². The fourth-order valence-electron chi connectivity index (χ4n) is 2.18. The van der Waals surface area contributed by atoms with E-state index in [1.807, 2.05) is 0 Å². The van der Waals surface area contributed by atoms with Gasteiger partial charge in [0.2, 0.25) is 5.91 Å². The highest BCUT2D eigenvalue weighted by Gasteiger charge is 2.30. The lowest BCUT2D eigenvalue weighted by Gasteiger charge is -2.13. The van der Waals surface area contributed by atoms with Gasteiger partial charge < -0.3 is 15.8 Å². The summed E-state index contributed by atoms with van der Waals surface area (Å²) in [5.74, 6) is 0.296. The van der Waals surface area contributed by atoms with Crippen LogP contribution in [0.25, 0.3) is 0 Å². The van der Waals surface area contributed by atoms with Crippen LogP contribution in [-0.4, -0.2) is 25.2 Å². The molecule has 1 aliphatic heterocycles. The van der Waals surface area contributed by atoms with E-state index < -0.39 is 0 Å². The van der Waals surface area contributed by atoms with Crippen molar-refractivity contribution in [1.29, 1.82) is 0 Å². The zero-order chi connectivity index (χ0) is 13.8. The van der Waals surface area contributed by atoms with Crippen molar-refractivity contribution in [2.24, 2.45) is 11.7 Å². The molecule has 0 radical (unpaired) electrons. The normalized spacial score (nSPS) is 22.7. The van der Waals surface area contributed by atoms with Crippen LogP contribution in [0.4, 0.5) is 0 Å². The van der Waals surface area contributed by atoms with Crippen LogP contribution in [0.3, 0.4) is 0 Å². The Balaban J connectivity index is 1.86. The summed E-state index contributed by atoms with van der Waals surface area (Å²) in [5.41, 5.74) is 8.22. The van der Waals surface area contributed by atoms with Gasteiger partial charge in [0, 0.05) is 12.6 Å². The molecule has 2 atom stereocenters. The Morgan fingerprint density at radius 1 is 1.37 bits per heavy atom. The van der Waals surface area contributed by atoms with Crippen molar-refractivity contribution in [2.45, 2.75) is 32.4 Å². The van der Waals surface area contributed by atoms with Crippen LogP contribution in [0, 0.1) is 5.92 Å². The first-order valence-electron chi connectivity index (χ1n) is 6.78. The Hall–Kier alpha value is -1.39. The van der Waals surface area contributed by atoms with Crippen LogP contribution in [0.15, 0.2) is 24.3 Å². The fourth-order valence-corrected chi connectivity index (χ4v) is 2.18. The smallest absolute Gasteiger partial charge is 0.227 e. The molecule has 0 saturated carbocycles. The maximum absolute atomic E-state index is 11.9. The largest absolute Gasteiger partial charge is 0.379 e. The van der Waals surface area contributed by atoms with Gasteiger partial charge in [-0.15, -0.1) is 0 Å². The average Bonchev–Trinajstić information content (AvgIpc) is 2.83. The summed E-state index contributed by atoms with van der Waals surface area (Å²) in [5, 5.41) is 2.92. The molecule has 2 rings (SSSR count). The minimum atomic E-state index is -0.213. The van der Waals surface area contributed by atoms with Crippen molar-refractivity contribution in [3.8, 4) is 0 Å². The van der Waals surface area contributed by atoms with Crippen LogP contribution in [0.5, 0.6) is 0 Å². The standard InChI is InChI=1S/C15H22N2O2/c1-10(2)12-5-3-11(4-6-12)7-17-15(18)13-8-19-9-14(13)16/h3-6,10,13-14H,7-9,16H2,1-2H3,(H,17,18). The van der Waals surface area contributed by atoms with E-state index in [-0.39, 0.29) is 17.9 Å². The molecule has 4 nitrogen and oxygen atoms in total. The zero-order valence-corrected chi connectivity index (χ0v) is 11.6. The third kappa shape index (κ3) is 3.55.